The fourth-order valence-corrected chi connectivity index (χ4v) is 5.10. The van der Waals surface area contributed by atoms with Gasteiger partial charge in [0.05, 0.1) is 31.1 Å². The molecule has 2 aliphatic heterocycles. The molecule has 2 aliphatic rings. The van der Waals surface area contributed by atoms with Crippen molar-refractivity contribution in [2.45, 2.75) is 23.5 Å². The molecule has 4 rings (SSSR count). The molecule has 1 amide bonds. The minimum absolute atomic E-state index is 0.0611. The van der Waals surface area contributed by atoms with Gasteiger partial charge in [-0.1, -0.05) is 11.6 Å². The number of benzene rings is 1. The largest absolute Gasteiger partial charge is 0.495 e. The van der Waals surface area contributed by atoms with Crippen LogP contribution in [0.3, 0.4) is 0 Å². The number of rotatable bonds is 5. The fraction of sp³-hybridized carbons (Fsp3) is 0.368. The molecule has 1 N–H and O–H groups in total. The highest BCUT2D eigenvalue weighted by atomic mass is 35.5. The van der Waals surface area contributed by atoms with Crippen molar-refractivity contribution in [1.82, 2.24) is 9.88 Å². The summed E-state index contributed by atoms with van der Waals surface area (Å²) in [7, 11) is -1.08. The van der Waals surface area contributed by atoms with Crippen LogP contribution in [0.15, 0.2) is 35.4 Å². The second kappa shape index (κ2) is 7.93. The van der Waals surface area contributed by atoms with Gasteiger partial charge in [0, 0.05) is 18.7 Å². The number of nitrogens with zero attached hydrogens (tertiary/aromatic N) is 2. The lowest BCUT2D eigenvalue weighted by atomic mass is 10.2. The number of pyridine rings is 1. The van der Waals surface area contributed by atoms with Gasteiger partial charge in [0.2, 0.25) is 5.88 Å². The number of carbonyl (C=O) groups excluding carboxylic acids is 1. The van der Waals surface area contributed by atoms with Crippen LogP contribution in [-0.2, 0) is 14.8 Å². The molecule has 0 unspecified atom stereocenters. The zero-order valence-electron chi connectivity index (χ0n) is 16.3. The lowest BCUT2D eigenvalue weighted by molar-refractivity contribution is 0.0686. The fourth-order valence-electron chi connectivity index (χ4n) is 3.63. The molecule has 1 saturated heterocycles. The summed E-state index contributed by atoms with van der Waals surface area (Å²) in [5.41, 5.74) is 0.307. The van der Waals surface area contributed by atoms with E-state index in [0.717, 1.165) is 0 Å². The van der Waals surface area contributed by atoms with E-state index in [0.29, 0.717) is 19.6 Å². The van der Waals surface area contributed by atoms with Crippen molar-refractivity contribution in [3.63, 3.8) is 0 Å². The number of aromatic nitrogens is 1. The molecule has 0 radical (unpaired) electrons. The Labute approximate surface area is 178 Å². The highest BCUT2D eigenvalue weighted by Gasteiger charge is 2.39. The topological polar surface area (TPSA) is 107 Å². The van der Waals surface area contributed by atoms with E-state index < -0.39 is 10.0 Å². The van der Waals surface area contributed by atoms with Gasteiger partial charge in [0.1, 0.15) is 22.8 Å². The molecule has 1 aromatic carbocycles. The van der Waals surface area contributed by atoms with Crippen LogP contribution in [0.1, 0.15) is 16.8 Å². The number of hydrogen-bond acceptors (Lipinski definition) is 7. The van der Waals surface area contributed by atoms with Gasteiger partial charge in [-0.2, -0.15) is 0 Å². The maximum absolute atomic E-state index is 13.0. The highest BCUT2D eigenvalue weighted by molar-refractivity contribution is 7.92. The maximum atomic E-state index is 13.0. The number of halogens is 1. The van der Waals surface area contributed by atoms with Crippen LogP contribution >= 0.6 is 11.6 Å². The van der Waals surface area contributed by atoms with Crippen molar-refractivity contribution in [3.05, 3.63) is 41.0 Å². The van der Waals surface area contributed by atoms with E-state index in [9.17, 15) is 13.2 Å². The Morgan fingerprint density at radius 1 is 1.30 bits per heavy atom. The van der Waals surface area contributed by atoms with E-state index in [1.165, 1.54) is 37.6 Å². The molecule has 3 heterocycles. The summed E-state index contributed by atoms with van der Waals surface area (Å²) in [6.45, 7) is 0.745. The van der Waals surface area contributed by atoms with Crippen molar-refractivity contribution in [3.8, 4) is 11.6 Å². The smallest absolute Gasteiger partial charge is 0.265 e. The molecular formula is C19H20ClN3O6S. The van der Waals surface area contributed by atoms with E-state index in [-0.39, 0.29) is 50.9 Å². The SMILES string of the molecule is COc1ccc(Cl)cc1S(=O)(=O)Nc1cnc2c(c1)C(=O)N1C[C@@H](OC)C[C@@H]1CO2. The van der Waals surface area contributed by atoms with Crippen molar-refractivity contribution >= 4 is 33.2 Å². The molecule has 1 fully saturated rings. The third-order valence-electron chi connectivity index (χ3n) is 5.13. The van der Waals surface area contributed by atoms with Crippen LogP contribution in [0.4, 0.5) is 5.69 Å². The Morgan fingerprint density at radius 2 is 2.10 bits per heavy atom. The van der Waals surface area contributed by atoms with E-state index in [1.54, 1.807) is 12.0 Å². The Balaban J connectivity index is 1.65. The number of hydrogen-bond donors (Lipinski definition) is 1. The predicted molar refractivity (Wildman–Crippen MR) is 109 cm³/mol. The van der Waals surface area contributed by atoms with E-state index in [4.69, 9.17) is 25.8 Å². The molecular weight excluding hydrogens is 434 g/mol. The molecule has 0 aliphatic carbocycles. The van der Waals surface area contributed by atoms with Gasteiger partial charge in [0.25, 0.3) is 15.9 Å². The first-order valence-electron chi connectivity index (χ1n) is 9.15. The lowest BCUT2D eigenvalue weighted by Gasteiger charge is -2.20. The quantitative estimate of drug-likeness (QED) is 0.739. The number of ether oxygens (including phenoxy) is 3. The molecule has 11 heteroatoms. The van der Waals surface area contributed by atoms with Crippen LogP contribution in [0.2, 0.25) is 5.02 Å². The van der Waals surface area contributed by atoms with Crippen LogP contribution in [0.25, 0.3) is 0 Å². The van der Waals surface area contributed by atoms with E-state index in [1.807, 2.05) is 0 Å². The van der Waals surface area contributed by atoms with Crippen molar-refractivity contribution in [2.75, 3.05) is 32.1 Å². The number of nitrogens with one attached hydrogen (secondary N) is 1. The molecule has 30 heavy (non-hydrogen) atoms. The van der Waals surface area contributed by atoms with Gasteiger partial charge in [-0.15, -0.1) is 0 Å². The number of amides is 1. The third-order valence-corrected chi connectivity index (χ3v) is 6.77. The number of anilines is 1. The number of methoxy groups -OCH3 is 2. The Bertz CT molecular complexity index is 1090. The first-order valence-corrected chi connectivity index (χ1v) is 11.0. The zero-order valence-corrected chi connectivity index (χ0v) is 17.9. The first kappa shape index (κ1) is 20.7. The maximum Gasteiger partial charge on any atom is 0.265 e. The summed E-state index contributed by atoms with van der Waals surface area (Å²) >= 11 is 5.95. The molecule has 160 valence electrons. The molecule has 0 spiro atoms. The molecule has 9 nitrogen and oxygen atoms in total. The molecule has 0 bridgehead atoms. The van der Waals surface area contributed by atoms with Crippen LogP contribution < -0.4 is 14.2 Å². The average molecular weight is 454 g/mol. The standard InChI is InChI=1S/C19H20ClN3O6S/c1-27-14-7-13-10-29-18-15(19(24)23(13)9-14)6-12(8-21-18)22-30(25,26)17-5-11(20)3-4-16(17)28-2/h3-6,8,13-14,22H,7,9-10H2,1-2H3/t13-,14+/m1/s1. The second-order valence-electron chi connectivity index (χ2n) is 6.99. The Kier molecular flexibility index (Phi) is 5.48. The van der Waals surface area contributed by atoms with Crippen molar-refractivity contribution in [2.24, 2.45) is 0 Å². The van der Waals surface area contributed by atoms with Gasteiger partial charge in [0.15, 0.2) is 0 Å². The Morgan fingerprint density at radius 3 is 2.83 bits per heavy atom. The van der Waals surface area contributed by atoms with E-state index in [2.05, 4.69) is 9.71 Å². The molecule has 2 atom stereocenters. The van der Waals surface area contributed by atoms with Gasteiger partial charge in [-0.3, -0.25) is 9.52 Å². The van der Waals surface area contributed by atoms with Crippen LogP contribution in [0, 0.1) is 0 Å². The van der Waals surface area contributed by atoms with E-state index >= 15 is 0 Å². The molecule has 1 aromatic heterocycles. The predicted octanol–water partition coefficient (Wildman–Crippen LogP) is 2.17. The average Bonchev–Trinajstić information content (AvgIpc) is 3.10. The van der Waals surface area contributed by atoms with Gasteiger partial charge >= 0.3 is 0 Å². The summed E-state index contributed by atoms with van der Waals surface area (Å²) < 4.78 is 44.4. The summed E-state index contributed by atoms with van der Waals surface area (Å²) in [5.74, 6) is 0.0344. The number of fused-ring (bicyclic) bond motifs is 2. The van der Waals surface area contributed by atoms with Crippen LogP contribution in [-0.4, -0.2) is 63.7 Å². The normalized spacial score (nSPS) is 20.8. The first-order chi connectivity index (χ1) is 14.3. The van der Waals surface area contributed by atoms with Gasteiger partial charge in [-0.25, -0.2) is 13.4 Å². The molecule has 2 aromatic rings. The molecule has 0 saturated carbocycles. The number of sulfonamides is 1. The summed E-state index contributed by atoms with van der Waals surface area (Å²) in [5, 5.41) is 0.243. The van der Waals surface area contributed by atoms with Crippen molar-refractivity contribution < 1.29 is 27.4 Å². The summed E-state index contributed by atoms with van der Waals surface area (Å²) in [6, 6.07) is 5.57. The van der Waals surface area contributed by atoms with Gasteiger partial charge in [-0.05, 0) is 30.7 Å². The number of carbonyl (C=O) groups is 1. The van der Waals surface area contributed by atoms with Crippen LogP contribution in [0.5, 0.6) is 11.6 Å². The second-order valence-corrected chi connectivity index (χ2v) is 9.08. The summed E-state index contributed by atoms with van der Waals surface area (Å²) in [6.07, 6.45) is 1.91. The highest BCUT2D eigenvalue weighted by Crippen LogP contribution is 2.32. The summed E-state index contributed by atoms with van der Waals surface area (Å²) in [4.78, 5) is 18.8. The monoisotopic (exact) mass is 453 g/mol. The van der Waals surface area contributed by atoms with Gasteiger partial charge < -0.3 is 19.1 Å². The third kappa shape index (κ3) is 3.78. The minimum Gasteiger partial charge on any atom is -0.495 e. The minimum atomic E-state index is -4.05. The zero-order chi connectivity index (χ0) is 21.5. The van der Waals surface area contributed by atoms with Crippen molar-refractivity contribution in [1.29, 1.82) is 0 Å². The Hall–Kier alpha value is -2.56. The lowest BCUT2D eigenvalue weighted by Crippen LogP contribution is -2.37.